The van der Waals surface area contributed by atoms with Crippen molar-refractivity contribution in [1.29, 1.82) is 0 Å². The van der Waals surface area contributed by atoms with Crippen LogP contribution in [0, 0.1) is 6.92 Å². The first-order chi connectivity index (χ1) is 9.67. The van der Waals surface area contributed by atoms with Crippen LogP contribution in [0.25, 0.3) is 0 Å². The fourth-order valence-corrected chi connectivity index (χ4v) is 2.86. The van der Waals surface area contributed by atoms with Crippen LogP contribution >= 0.6 is 11.3 Å². The molecular weight excluding hydrogens is 270 g/mol. The molecule has 2 heterocycles. The predicted molar refractivity (Wildman–Crippen MR) is 83.9 cm³/mol. The van der Waals surface area contributed by atoms with Gasteiger partial charge >= 0.3 is 0 Å². The van der Waals surface area contributed by atoms with E-state index in [1.165, 1.54) is 4.88 Å². The predicted octanol–water partition coefficient (Wildman–Crippen LogP) is 3.04. The van der Waals surface area contributed by atoms with Gasteiger partial charge < -0.3 is 11.1 Å². The van der Waals surface area contributed by atoms with Gasteiger partial charge in [0.15, 0.2) is 0 Å². The number of hydrogen-bond donors (Lipinski definition) is 2. The highest BCUT2D eigenvalue weighted by molar-refractivity contribution is 7.09. The van der Waals surface area contributed by atoms with Crippen LogP contribution in [0.1, 0.15) is 36.9 Å². The number of thiophene rings is 1. The van der Waals surface area contributed by atoms with Gasteiger partial charge in [0, 0.05) is 10.9 Å². The molecule has 1 unspecified atom stereocenters. The maximum absolute atomic E-state index is 5.64. The van der Waals surface area contributed by atoms with E-state index in [9.17, 15) is 0 Å². The van der Waals surface area contributed by atoms with E-state index in [0.717, 1.165) is 25.7 Å². The topological polar surface area (TPSA) is 76.7 Å². The van der Waals surface area contributed by atoms with Crippen molar-refractivity contribution in [3.05, 3.63) is 28.2 Å². The van der Waals surface area contributed by atoms with E-state index < -0.39 is 0 Å². The van der Waals surface area contributed by atoms with Gasteiger partial charge in [0.05, 0.1) is 0 Å². The Morgan fingerprint density at radius 3 is 2.85 bits per heavy atom. The number of nitrogens with two attached hydrogens (primary N) is 1. The van der Waals surface area contributed by atoms with E-state index in [2.05, 4.69) is 44.7 Å². The molecule has 0 aliphatic heterocycles. The summed E-state index contributed by atoms with van der Waals surface area (Å²) in [4.78, 5) is 13.8. The van der Waals surface area contributed by atoms with Crippen LogP contribution in [-0.2, 0) is 6.42 Å². The average Bonchev–Trinajstić information content (AvgIpc) is 2.89. The van der Waals surface area contributed by atoms with E-state index in [1.54, 1.807) is 0 Å². The smallest absolute Gasteiger partial charge is 0.227 e. The Kier molecular flexibility index (Phi) is 5.29. The Labute approximate surface area is 123 Å². The fourth-order valence-electron chi connectivity index (χ4n) is 2.11. The van der Waals surface area contributed by atoms with E-state index >= 15 is 0 Å². The van der Waals surface area contributed by atoms with Gasteiger partial charge in [-0.3, -0.25) is 0 Å². The van der Waals surface area contributed by atoms with Crippen LogP contribution in [-0.4, -0.2) is 21.0 Å². The molecule has 0 amide bonds. The molecule has 5 nitrogen and oxygen atoms in total. The van der Waals surface area contributed by atoms with Gasteiger partial charge in [-0.15, -0.1) is 11.3 Å². The van der Waals surface area contributed by atoms with Crippen molar-refractivity contribution < 1.29 is 0 Å². The monoisotopic (exact) mass is 291 g/mol. The van der Waals surface area contributed by atoms with Gasteiger partial charge in [-0.2, -0.15) is 15.0 Å². The molecule has 0 aliphatic rings. The first kappa shape index (κ1) is 14.7. The molecular formula is C14H21N5S. The van der Waals surface area contributed by atoms with Gasteiger partial charge in [0.25, 0.3) is 0 Å². The fraction of sp³-hybridized carbons (Fsp3) is 0.500. The van der Waals surface area contributed by atoms with Crippen LogP contribution in [0.5, 0.6) is 0 Å². The van der Waals surface area contributed by atoms with Crippen LogP contribution in [0.2, 0.25) is 0 Å². The van der Waals surface area contributed by atoms with Crippen LogP contribution < -0.4 is 11.1 Å². The zero-order valence-corrected chi connectivity index (χ0v) is 12.8. The number of nitrogens with zero attached hydrogens (tertiary/aromatic N) is 3. The minimum Gasteiger partial charge on any atom is -0.368 e. The minimum atomic E-state index is 0.272. The number of nitrogens with one attached hydrogen (secondary N) is 1. The van der Waals surface area contributed by atoms with Gasteiger partial charge in [-0.25, -0.2) is 0 Å². The van der Waals surface area contributed by atoms with Crippen molar-refractivity contribution in [3.8, 4) is 0 Å². The van der Waals surface area contributed by atoms with Crippen LogP contribution in [0.4, 0.5) is 11.9 Å². The first-order valence-corrected chi connectivity index (χ1v) is 7.82. The van der Waals surface area contributed by atoms with E-state index in [1.807, 2.05) is 18.3 Å². The molecule has 0 aromatic carbocycles. The second-order valence-corrected chi connectivity index (χ2v) is 5.82. The summed E-state index contributed by atoms with van der Waals surface area (Å²) in [6, 6.07) is 4.66. The van der Waals surface area contributed by atoms with Gasteiger partial charge in [-0.05, 0) is 44.1 Å². The summed E-state index contributed by atoms with van der Waals surface area (Å²) >= 11 is 1.82. The summed E-state index contributed by atoms with van der Waals surface area (Å²) in [5, 5.41) is 5.48. The van der Waals surface area contributed by atoms with Crippen molar-refractivity contribution in [1.82, 2.24) is 15.0 Å². The van der Waals surface area contributed by atoms with E-state index in [4.69, 9.17) is 5.73 Å². The van der Waals surface area contributed by atoms with Gasteiger partial charge in [-0.1, -0.05) is 13.0 Å². The highest BCUT2D eigenvalue weighted by atomic mass is 32.1. The summed E-state index contributed by atoms with van der Waals surface area (Å²) in [7, 11) is 0. The lowest BCUT2D eigenvalue weighted by atomic mass is 10.1. The Morgan fingerprint density at radius 2 is 2.20 bits per heavy atom. The standard InChI is InChI=1S/C14H21N5S/c1-3-11(6-4-7-12-8-5-9-20-12)18-14-17-10(2)16-13(15)19-14/h5,8-9,11H,3-4,6-7H2,1-2H3,(H3,15,16,17,18,19). The zero-order chi connectivity index (χ0) is 14.4. The molecule has 3 N–H and O–H groups in total. The van der Waals surface area contributed by atoms with E-state index in [-0.39, 0.29) is 5.95 Å². The lowest BCUT2D eigenvalue weighted by Crippen LogP contribution is -2.21. The largest absolute Gasteiger partial charge is 0.368 e. The average molecular weight is 291 g/mol. The van der Waals surface area contributed by atoms with Crippen LogP contribution in [0.15, 0.2) is 17.5 Å². The molecule has 2 aromatic heterocycles. The van der Waals surface area contributed by atoms with Crippen molar-refractivity contribution >= 4 is 23.2 Å². The lowest BCUT2D eigenvalue weighted by Gasteiger charge is -2.16. The maximum Gasteiger partial charge on any atom is 0.227 e. The second kappa shape index (κ2) is 7.19. The molecule has 1 atom stereocenters. The third kappa shape index (κ3) is 4.45. The van der Waals surface area contributed by atoms with Crippen molar-refractivity contribution in [2.75, 3.05) is 11.1 Å². The molecule has 20 heavy (non-hydrogen) atoms. The normalized spacial score (nSPS) is 12.3. The third-order valence-electron chi connectivity index (χ3n) is 3.15. The molecule has 0 aliphatic carbocycles. The highest BCUT2D eigenvalue weighted by Crippen LogP contribution is 2.15. The molecule has 2 rings (SSSR count). The van der Waals surface area contributed by atoms with Crippen LogP contribution in [0.3, 0.4) is 0 Å². The molecule has 0 saturated heterocycles. The van der Waals surface area contributed by atoms with Gasteiger partial charge in [0.1, 0.15) is 5.82 Å². The molecule has 2 aromatic rings. The molecule has 0 radical (unpaired) electrons. The van der Waals surface area contributed by atoms with Gasteiger partial charge in [0.2, 0.25) is 11.9 Å². The second-order valence-electron chi connectivity index (χ2n) is 4.79. The summed E-state index contributed by atoms with van der Waals surface area (Å²) in [6.07, 6.45) is 4.42. The third-order valence-corrected chi connectivity index (χ3v) is 4.08. The number of anilines is 2. The number of hydrogen-bond acceptors (Lipinski definition) is 6. The lowest BCUT2D eigenvalue weighted by molar-refractivity contribution is 0.597. The van der Waals surface area contributed by atoms with Crippen molar-refractivity contribution in [3.63, 3.8) is 0 Å². The number of aryl methyl sites for hydroxylation is 2. The molecule has 0 saturated carbocycles. The summed E-state index contributed by atoms with van der Waals surface area (Å²) in [6.45, 7) is 3.99. The number of rotatable bonds is 7. The first-order valence-electron chi connectivity index (χ1n) is 6.94. The Bertz CT molecular complexity index is 506. The summed E-state index contributed by atoms with van der Waals surface area (Å²) in [5.41, 5.74) is 5.64. The Balaban J connectivity index is 1.85. The maximum atomic E-state index is 5.64. The molecule has 0 bridgehead atoms. The molecule has 6 heteroatoms. The number of aromatic nitrogens is 3. The highest BCUT2D eigenvalue weighted by Gasteiger charge is 2.09. The quantitative estimate of drug-likeness (QED) is 0.820. The van der Waals surface area contributed by atoms with Crippen molar-refractivity contribution in [2.45, 2.75) is 45.6 Å². The molecule has 0 fully saturated rings. The molecule has 108 valence electrons. The van der Waals surface area contributed by atoms with E-state index in [0.29, 0.717) is 17.8 Å². The Hall–Kier alpha value is -1.69. The summed E-state index contributed by atoms with van der Waals surface area (Å²) in [5.74, 6) is 1.50. The Morgan fingerprint density at radius 1 is 1.35 bits per heavy atom. The molecule has 0 spiro atoms. The SMILES string of the molecule is CCC(CCCc1cccs1)Nc1nc(C)nc(N)n1. The minimum absolute atomic E-state index is 0.272. The summed E-state index contributed by atoms with van der Waals surface area (Å²) < 4.78 is 0. The van der Waals surface area contributed by atoms with Crippen molar-refractivity contribution in [2.24, 2.45) is 0 Å². The number of nitrogen functional groups attached to an aromatic ring is 1. The zero-order valence-electron chi connectivity index (χ0n) is 12.0.